The molecule has 0 aliphatic carbocycles. The molecule has 4 fully saturated rings. The summed E-state index contributed by atoms with van der Waals surface area (Å²) in [5.74, 6) is 0. The minimum Gasteiger partial charge on any atom is -0.394 e. The van der Waals surface area contributed by atoms with Gasteiger partial charge in [0.25, 0.3) is 0 Å². The van der Waals surface area contributed by atoms with Crippen LogP contribution in [-0.4, -0.2) is 220 Å². The van der Waals surface area contributed by atoms with Gasteiger partial charge in [0.15, 0.2) is 12.6 Å². The zero-order chi connectivity index (χ0) is 41.1. The fraction of sp³-hybridized carbons (Fsp3) is 1.00. The van der Waals surface area contributed by atoms with Crippen molar-refractivity contribution < 1.29 is 99.9 Å². The Balaban J connectivity index is 1.06. The monoisotopic (exact) mass is 818 g/mol. The Bertz CT molecular complexity index is 1010. The lowest BCUT2D eigenvalue weighted by Gasteiger charge is -2.46. The molecule has 0 aromatic carbocycles. The summed E-state index contributed by atoms with van der Waals surface area (Å²) in [5, 5.41) is 142. The van der Waals surface area contributed by atoms with Crippen LogP contribution < -0.4 is 0 Å². The van der Waals surface area contributed by atoms with Crippen molar-refractivity contribution in [2.45, 2.75) is 200 Å². The van der Waals surface area contributed by atoms with Crippen molar-refractivity contribution in [2.24, 2.45) is 0 Å². The van der Waals surface area contributed by atoms with Gasteiger partial charge in [-0.2, -0.15) is 0 Å². The third kappa shape index (κ3) is 11.9. The van der Waals surface area contributed by atoms with Gasteiger partial charge in [-0.15, -0.1) is 0 Å². The van der Waals surface area contributed by atoms with Gasteiger partial charge in [-0.1, -0.05) is 64.2 Å². The van der Waals surface area contributed by atoms with Gasteiger partial charge in [-0.3, -0.25) is 0 Å². The van der Waals surface area contributed by atoms with Crippen LogP contribution in [0.2, 0.25) is 0 Å². The molecule has 4 saturated heterocycles. The Morgan fingerprint density at radius 2 is 0.571 bits per heavy atom. The molecule has 20 heteroatoms. The van der Waals surface area contributed by atoms with Crippen LogP contribution in [0, 0.1) is 0 Å². The van der Waals surface area contributed by atoms with Gasteiger partial charge in [0.2, 0.25) is 0 Å². The van der Waals surface area contributed by atoms with E-state index in [0.717, 1.165) is 51.4 Å². The maximum Gasteiger partial charge on any atom is 0.187 e. The summed E-state index contributed by atoms with van der Waals surface area (Å²) < 4.78 is 33.6. The van der Waals surface area contributed by atoms with Gasteiger partial charge in [-0.25, -0.2) is 0 Å². The second-order valence-corrected chi connectivity index (χ2v) is 15.5. The normalized spacial score (nSPS) is 44.9. The summed E-state index contributed by atoms with van der Waals surface area (Å²) in [7, 11) is 0. The first kappa shape index (κ1) is 47.9. The molecule has 330 valence electrons. The summed E-state index contributed by atoms with van der Waals surface area (Å²) in [6, 6.07) is 0. The highest BCUT2D eigenvalue weighted by Gasteiger charge is 2.52. The highest BCUT2D eigenvalue weighted by atomic mass is 16.7. The quantitative estimate of drug-likeness (QED) is 0.0482. The Morgan fingerprint density at radius 3 is 0.875 bits per heavy atom. The van der Waals surface area contributed by atoms with Crippen molar-refractivity contribution in [3.05, 3.63) is 0 Å². The van der Waals surface area contributed by atoms with Gasteiger partial charge in [0, 0.05) is 0 Å². The molecular formula is C36H66O20. The minimum atomic E-state index is -1.72. The molecule has 0 spiro atoms. The van der Waals surface area contributed by atoms with E-state index in [1.54, 1.807) is 0 Å². The first-order chi connectivity index (χ1) is 26.8. The lowest BCUT2D eigenvalue weighted by Crippen LogP contribution is -2.64. The van der Waals surface area contributed by atoms with E-state index in [2.05, 4.69) is 0 Å². The molecule has 0 amide bonds. The minimum absolute atomic E-state index is 0.420. The van der Waals surface area contributed by atoms with E-state index in [0.29, 0.717) is 25.7 Å². The van der Waals surface area contributed by atoms with Crippen molar-refractivity contribution in [2.75, 3.05) is 26.4 Å². The first-order valence-electron chi connectivity index (χ1n) is 20.0. The van der Waals surface area contributed by atoms with Crippen LogP contribution in [0.4, 0.5) is 0 Å². The molecule has 0 unspecified atom stereocenters. The summed E-state index contributed by atoms with van der Waals surface area (Å²) in [6.45, 7) is -2.48. The maximum absolute atomic E-state index is 10.8. The van der Waals surface area contributed by atoms with Gasteiger partial charge in [0.1, 0.15) is 97.7 Å². The van der Waals surface area contributed by atoms with Gasteiger partial charge >= 0.3 is 0 Å². The highest BCUT2D eigenvalue weighted by molar-refractivity contribution is 4.97. The van der Waals surface area contributed by atoms with Crippen molar-refractivity contribution in [3.63, 3.8) is 0 Å². The van der Waals surface area contributed by atoms with E-state index in [1.165, 1.54) is 0 Å². The first-order valence-corrected chi connectivity index (χ1v) is 20.0. The second-order valence-electron chi connectivity index (χ2n) is 15.5. The Kier molecular flexibility index (Phi) is 19.9. The van der Waals surface area contributed by atoms with Crippen LogP contribution >= 0.6 is 0 Å². The van der Waals surface area contributed by atoms with E-state index < -0.39 is 149 Å². The molecule has 0 bridgehead atoms. The van der Waals surface area contributed by atoms with Crippen LogP contribution in [0.25, 0.3) is 0 Å². The average Bonchev–Trinajstić information content (AvgIpc) is 3.20. The predicted octanol–water partition coefficient (Wildman–Crippen LogP) is -5.00. The SMILES string of the molecule is OC[C@H]1O[C@H](O[C@H]2[C@H](O)[C@@H](O)[C@H](CCCCCCCCCCCC[C@@H]3O[C@H](CO)[C@@H](O[C@H]4O[C@H](CO)[C@@H](O)[C@H](O)[C@H]4O)[C@H](O)[C@H]3O)O[C@@H]2CO)[C@H](O)[C@@H](O)[C@@H]1O. The van der Waals surface area contributed by atoms with E-state index >= 15 is 0 Å². The van der Waals surface area contributed by atoms with Crippen LogP contribution in [-0.2, 0) is 28.4 Å². The number of hydrogen-bond donors (Lipinski definition) is 14. The van der Waals surface area contributed by atoms with Crippen molar-refractivity contribution >= 4 is 0 Å². The molecule has 4 rings (SSSR count). The van der Waals surface area contributed by atoms with Gasteiger partial charge in [0.05, 0.1) is 38.6 Å². The van der Waals surface area contributed by atoms with Crippen molar-refractivity contribution in [1.82, 2.24) is 0 Å². The summed E-state index contributed by atoms with van der Waals surface area (Å²) >= 11 is 0. The standard InChI is InChI=1S/C36H66O20/c37-13-19-25(43)27(45)31(49)35(53-19)55-33-21(15-39)51-17(23(41)29(33)47)11-9-7-5-3-1-2-4-6-8-10-12-18-24(42)30(48)34(22(16-40)52-18)56-36-32(50)28(46)26(44)20(14-38)54-36/h17-50H,1-16H2/t17-,18-,19+,20+,21+,22+,23-,24-,25+,26+,27-,28-,29+,30+,31+,32+,33+,34+,35+,36+/m0/s1. The molecule has 4 heterocycles. The molecule has 4 aliphatic heterocycles. The third-order valence-electron chi connectivity index (χ3n) is 11.4. The highest BCUT2D eigenvalue weighted by Crippen LogP contribution is 2.33. The molecule has 56 heavy (non-hydrogen) atoms. The lowest BCUT2D eigenvalue weighted by atomic mass is 9.91. The number of rotatable bonds is 21. The number of hydrogen-bond acceptors (Lipinski definition) is 20. The Labute approximate surface area is 325 Å². The topological polar surface area (TPSA) is 339 Å². The molecule has 0 aromatic heterocycles. The fourth-order valence-electron chi connectivity index (χ4n) is 7.92. The smallest absolute Gasteiger partial charge is 0.187 e. The number of unbranched alkanes of at least 4 members (excludes halogenated alkanes) is 9. The molecule has 0 aromatic rings. The molecule has 20 nitrogen and oxygen atoms in total. The lowest BCUT2D eigenvalue weighted by molar-refractivity contribution is -0.342. The zero-order valence-electron chi connectivity index (χ0n) is 31.6. The number of aliphatic hydroxyl groups is 14. The largest absolute Gasteiger partial charge is 0.394 e. The van der Waals surface area contributed by atoms with E-state index in [1.807, 2.05) is 0 Å². The van der Waals surface area contributed by atoms with Gasteiger partial charge < -0.3 is 99.9 Å². The summed E-state index contributed by atoms with van der Waals surface area (Å²) in [4.78, 5) is 0. The van der Waals surface area contributed by atoms with E-state index in [9.17, 15) is 71.5 Å². The third-order valence-corrected chi connectivity index (χ3v) is 11.4. The summed E-state index contributed by atoms with van der Waals surface area (Å²) in [5.41, 5.74) is 0. The van der Waals surface area contributed by atoms with Crippen LogP contribution in [0.3, 0.4) is 0 Å². The van der Waals surface area contributed by atoms with E-state index in [4.69, 9.17) is 28.4 Å². The van der Waals surface area contributed by atoms with Gasteiger partial charge in [-0.05, 0) is 12.8 Å². The average molecular weight is 819 g/mol. The Hall–Kier alpha value is -0.800. The van der Waals surface area contributed by atoms with Crippen LogP contribution in [0.5, 0.6) is 0 Å². The molecule has 4 aliphatic rings. The van der Waals surface area contributed by atoms with Crippen LogP contribution in [0.15, 0.2) is 0 Å². The molecule has 20 atom stereocenters. The predicted molar refractivity (Wildman–Crippen MR) is 188 cm³/mol. The summed E-state index contributed by atoms with van der Waals surface area (Å²) in [6.07, 6.45) is -17.8. The van der Waals surface area contributed by atoms with E-state index in [-0.39, 0.29) is 0 Å². The molecule has 0 radical (unpaired) electrons. The van der Waals surface area contributed by atoms with Crippen molar-refractivity contribution in [3.8, 4) is 0 Å². The molecule has 0 saturated carbocycles. The van der Waals surface area contributed by atoms with Crippen LogP contribution in [0.1, 0.15) is 77.0 Å². The maximum atomic E-state index is 10.8. The zero-order valence-corrected chi connectivity index (χ0v) is 31.6. The van der Waals surface area contributed by atoms with Crippen molar-refractivity contribution in [1.29, 1.82) is 0 Å². The second kappa shape index (κ2) is 23.3. The number of aliphatic hydroxyl groups excluding tert-OH is 14. The molecule has 14 N–H and O–H groups in total. The number of ether oxygens (including phenoxy) is 6. The Morgan fingerprint density at radius 1 is 0.286 bits per heavy atom. The molecular weight excluding hydrogens is 752 g/mol. The fourth-order valence-corrected chi connectivity index (χ4v) is 7.92.